The average molecular weight is 297 g/mol. The van der Waals surface area contributed by atoms with Crippen LogP contribution in [0.3, 0.4) is 0 Å². The average Bonchev–Trinajstić information content (AvgIpc) is 2.44. The third-order valence-corrected chi connectivity index (χ3v) is 3.68. The summed E-state index contributed by atoms with van der Waals surface area (Å²) >= 11 is 0. The maximum atomic E-state index is 14.3. The number of hydrogen-bond acceptors (Lipinski definition) is 3. The molecular formula is C17H28FNO2. The van der Waals surface area contributed by atoms with E-state index in [-0.39, 0.29) is 23.2 Å². The molecule has 0 aliphatic carbocycles. The number of halogens is 1. The van der Waals surface area contributed by atoms with Crippen molar-refractivity contribution >= 4 is 0 Å². The molecule has 0 aliphatic rings. The van der Waals surface area contributed by atoms with E-state index >= 15 is 0 Å². The van der Waals surface area contributed by atoms with Gasteiger partial charge in [-0.1, -0.05) is 19.1 Å². The van der Waals surface area contributed by atoms with Gasteiger partial charge in [-0.05, 0) is 51.8 Å². The maximum absolute atomic E-state index is 14.3. The second-order valence-electron chi connectivity index (χ2n) is 5.68. The minimum atomic E-state index is -0.362. The first-order valence-electron chi connectivity index (χ1n) is 7.65. The quantitative estimate of drug-likeness (QED) is 0.756. The highest BCUT2D eigenvalue weighted by molar-refractivity contribution is 5.31. The molecule has 4 heteroatoms. The Morgan fingerprint density at radius 3 is 2.57 bits per heavy atom. The number of nitrogens with one attached hydrogen (secondary N) is 1. The number of hydrogen-bond donors (Lipinski definition) is 1. The molecule has 3 nitrogen and oxygen atoms in total. The van der Waals surface area contributed by atoms with Crippen LogP contribution in [-0.4, -0.2) is 31.9 Å². The Labute approximate surface area is 127 Å². The SMILES string of the molecule is CCCNC(Cc1cccc(OC)c1F)C(C)(C)OCC. The van der Waals surface area contributed by atoms with Gasteiger partial charge >= 0.3 is 0 Å². The molecule has 0 radical (unpaired) electrons. The van der Waals surface area contributed by atoms with E-state index in [1.54, 1.807) is 12.1 Å². The van der Waals surface area contributed by atoms with Gasteiger partial charge in [-0.25, -0.2) is 4.39 Å². The number of benzene rings is 1. The van der Waals surface area contributed by atoms with Gasteiger partial charge in [0.15, 0.2) is 11.6 Å². The lowest BCUT2D eigenvalue weighted by Crippen LogP contribution is -2.50. The van der Waals surface area contributed by atoms with Crippen LogP contribution >= 0.6 is 0 Å². The highest BCUT2D eigenvalue weighted by Gasteiger charge is 2.30. The Balaban J connectivity index is 2.95. The molecule has 1 aromatic carbocycles. The molecule has 0 heterocycles. The largest absolute Gasteiger partial charge is 0.494 e. The molecule has 120 valence electrons. The Morgan fingerprint density at radius 2 is 2.00 bits per heavy atom. The lowest BCUT2D eigenvalue weighted by Gasteiger charge is -2.35. The van der Waals surface area contributed by atoms with Crippen molar-refractivity contribution in [1.82, 2.24) is 5.32 Å². The first-order valence-corrected chi connectivity index (χ1v) is 7.65. The van der Waals surface area contributed by atoms with Crippen molar-refractivity contribution < 1.29 is 13.9 Å². The highest BCUT2D eigenvalue weighted by Crippen LogP contribution is 2.25. The van der Waals surface area contributed by atoms with E-state index in [0.29, 0.717) is 18.6 Å². The van der Waals surface area contributed by atoms with Gasteiger partial charge in [0, 0.05) is 12.6 Å². The van der Waals surface area contributed by atoms with E-state index in [2.05, 4.69) is 12.2 Å². The number of methoxy groups -OCH3 is 1. The minimum absolute atomic E-state index is 0.0407. The van der Waals surface area contributed by atoms with Gasteiger partial charge in [0.25, 0.3) is 0 Å². The molecule has 1 atom stereocenters. The predicted octanol–water partition coefficient (Wildman–Crippen LogP) is 3.56. The predicted molar refractivity (Wildman–Crippen MR) is 84.4 cm³/mol. The van der Waals surface area contributed by atoms with E-state index in [9.17, 15) is 4.39 Å². The Bertz CT molecular complexity index is 435. The van der Waals surface area contributed by atoms with Crippen molar-refractivity contribution in [2.24, 2.45) is 0 Å². The topological polar surface area (TPSA) is 30.5 Å². The molecular weight excluding hydrogens is 269 g/mol. The molecule has 0 amide bonds. The van der Waals surface area contributed by atoms with Crippen molar-refractivity contribution in [2.75, 3.05) is 20.3 Å². The highest BCUT2D eigenvalue weighted by atomic mass is 19.1. The molecule has 1 aromatic rings. The van der Waals surface area contributed by atoms with Crippen LogP contribution in [0.25, 0.3) is 0 Å². The molecule has 1 rings (SSSR count). The first-order chi connectivity index (χ1) is 9.96. The molecule has 1 N–H and O–H groups in total. The second kappa shape index (κ2) is 8.35. The smallest absolute Gasteiger partial charge is 0.168 e. The minimum Gasteiger partial charge on any atom is -0.494 e. The fourth-order valence-corrected chi connectivity index (χ4v) is 2.45. The normalized spacial score (nSPS) is 13.2. The summed E-state index contributed by atoms with van der Waals surface area (Å²) < 4.78 is 25.2. The molecule has 21 heavy (non-hydrogen) atoms. The molecule has 0 aromatic heterocycles. The van der Waals surface area contributed by atoms with Crippen LogP contribution in [0.2, 0.25) is 0 Å². The Morgan fingerprint density at radius 1 is 1.29 bits per heavy atom. The summed E-state index contributed by atoms with van der Waals surface area (Å²) in [6, 6.07) is 5.31. The van der Waals surface area contributed by atoms with E-state index in [1.165, 1.54) is 7.11 Å². The van der Waals surface area contributed by atoms with Gasteiger partial charge < -0.3 is 14.8 Å². The first kappa shape index (κ1) is 17.9. The second-order valence-corrected chi connectivity index (χ2v) is 5.68. The third-order valence-electron chi connectivity index (χ3n) is 3.68. The summed E-state index contributed by atoms with van der Waals surface area (Å²) in [5, 5.41) is 3.48. The van der Waals surface area contributed by atoms with Crippen LogP contribution in [0.4, 0.5) is 4.39 Å². The summed E-state index contributed by atoms with van der Waals surface area (Å²) in [4.78, 5) is 0. The van der Waals surface area contributed by atoms with Gasteiger partial charge in [-0.15, -0.1) is 0 Å². The van der Waals surface area contributed by atoms with Crippen molar-refractivity contribution in [3.63, 3.8) is 0 Å². The van der Waals surface area contributed by atoms with Crippen LogP contribution in [0, 0.1) is 5.82 Å². The fourth-order valence-electron chi connectivity index (χ4n) is 2.45. The van der Waals surface area contributed by atoms with Gasteiger partial charge in [-0.2, -0.15) is 0 Å². The van der Waals surface area contributed by atoms with E-state index in [1.807, 2.05) is 26.8 Å². The van der Waals surface area contributed by atoms with E-state index in [4.69, 9.17) is 9.47 Å². The third kappa shape index (κ3) is 4.97. The van der Waals surface area contributed by atoms with Crippen molar-refractivity contribution in [2.45, 2.75) is 52.2 Å². The van der Waals surface area contributed by atoms with Crippen molar-refractivity contribution in [1.29, 1.82) is 0 Å². The summed E-state index contributed by atoms with van der Waals surface area (Å²) in [7, 11) is 1.49. The summed E-state index contributed by atoms with van der Waals surface area (Å²) in [5.41, 5.74) is 0.287. The monoisotopic (exact) mass is 297 g/mol. The molecule has 0 spiro atoms. The number of ether oxygens (including phenoxy) is 2. The fraction of sp³-hybridized carbons (Fsp3) is 0.647. The van der Waals surface area contributed by atoms with Gasteiger partial charge in [0.05, 0.1) is 12.7 Å². The van der Waals surface area contributed by atoms with Crippen LogP contribution in [-0.2, 0) is 11.2 Å². The van der Waals surface area contributed by atoms with Crippen molar-refractivity contribution in [3.05, 3.63) is 29.6 Å². The number of rotatable bonds is 9. The van der Waals surface area contributed by atoms with Crippen molar-refractivity contribution in [3.8, 4) is 5.75 Å². The van der Waals surface area contributed by atoms with Gasteiger partial charge in [-0.3, -0.25) is 0 Å². The lowest BCUT2D eigenvalue weighted by molar-refractivity contribution is -0.0381. The van der Waals surface area contributed by atoms with Crippen LogP contribution in [0.5, 0.6) is 5.75 Å². The molecule has 1 unspecified atom stereocenters. The molecule has 0 saturated heterocycles. The van der Waals surface area contributed by atoms with Crippen LogP contribution in [0.1, 0.15) is 39.7 Å². The zero-order valence-corrected chi connectivity index (χ0v) is 13.8. The molecule has 0 saturated carbocycles. The summed E-state index contributed by atoms with van der Waals surface area (Å²) in [6.45, 7) is 9.70. The zero-order valence-electron chi connectivity index (χ0n) is 13.8. The zero-order chi connectivity index (χ0) is 15.9. The summed E-state index contributed by atoms with van der Waals surface area (Å²) in [5.74, 6) is 0.00607. The van der Waals surface area contributed by atoms with Gasteiger partial charge in [0.1, 0.15) is 0 Å². The Hall–Kier alpha value is -1.13. The standard InChI is InChI=1S/C17H28FNO2/c1-6-11-19-15(17(3,4)21-7-2)12-13-9-8-10-14(20-5)16(13)18/h8-10,15,19H,6-7,11-12H2,1-5H3. The Kier molecular flexibility index (Phi) is 7.12. The van der Waals surface area contributed by atoms with E-state index in [0.717, 1.165) is 13.0 Å². The van der Waals surface area contributed by atoms with Crippen LogP contribution < -0.4 is 10.1 Å². The molecule has 0 fully saturated rings. The van der Waals surface area contributed by atoms with Gasteiger partial charge in [0.2, 0.25) is 0 Å². The maximum Gasteiger partial charge on any atom is 0.168 e. The lowest BCUT2D eigenvalue weighted by atomic mass is 9.91. The van der Waals surface area contributed by atoms with E-state index < -0.39 is 0 Å². The summed E-state index contributed by atoms with van der Waals surface area (Å²) in [6.07, 6.45) is 1.59. The van der Waals surface area contributed by atoms with Crippen LogP contribution in [0.15, 0.2) is 18.2 Å². The molecule has 0 aliphatic heterocycles. The molecule has 0 bridgehead atoms.